The minimum absolute atomic E-state index is 0.0223. The van der Waals surface area contributed by atoms with Crippen molar-refractivity contribution in [1.82, 2.24) is 20.2 Å². The number of hydrogen-bond donors (Lipinski definition) is 3. The Morgan fingerprint density at radius 1 is 0.878 bits per heavy atom. The molecule has 8 nitrogen and oxygen atoms in total. The van der Waals surface area contributed by atoms with E-state index in [1.165, 1.54) is 0 Å². The molecule has 3 aromatic carbocycles. The molecular weight excluding hydrogens is 563 g/mol. The lowest BCUT2D eigenvalue weighted by Crippen LogP contribution is -2.39. The molecule has 0 unspecified atom stereocenters. The van der Waals surface area contributed by atoms with E-state index in [4.69, 9.17) is 32.7 Å². The number of rotatable bonds is 9. The topological polar surface area (TPSA) is 97.6 Å². The van der Waals surface area contributed by atoms with Crippen LogP contribution in [0.2, 0.25) is 10.3 Å². The van der Waals surface area contributed by atoms with Crippen molar-refractivity contribution in [1.29, 1.82) is 0 Å². The Balaban J connectivity index is 1.27. The van der Waals surface area contributed by atoms with Gasteiger partial charge in [0.2, 0.25) is 0 Å². The van der Waals surface area contributed by atoms with Gasteiger partial charge in [-0.05, 0) is 22.3 Å². The van der Waals surface area contributed by atoms with E-state index in [2.05, 4.69) is 22.5 Å². The zero-order valence-corrected chi connectivity index (χ0v) is 24.1. The third-order valence-corrected chi connectivity index (χ3v) is 8.00. The van der Waals surface area contributed by atoms with Gasteiger partial charge in [0.15, 0.2) is 11.4 Å². The summed E-state index contributed by atoms with van der Waals surface area (Å²) in [7, 11) is 0. The van der Waals surface area contributed by atoms with Crippen LogP contribution < -0.4 is 10.6 Å². The van der Waals surface area contributed by atoms with Gasteiger partial charge in [0.05, 0.1) is 31.7 Å². The van der Waals surface area contributed by atoms with Gasteiger partial charge in [0, 0.05) is 24.6 Å². The molecular formula is C31H32Cl2N4O4. The smallest absolute Gasteiger partial charge is 0.315 e. The standard InChI is InChI=1S/C31H32Cl2N4O4/c1-20-26(17-37-19-36-28(32)29(37)33)40-30(41-27(20)24-11-9-23(18-38)10-12-24)25-13-7-22(8-14-25)16-35-31(39)34-15-21-5-3-2-4-6-21/h2-14,19-20,26-27,30,38H,15-18H2,1H3,(H2,34,35,39)/t20-,26+,27+,30+/m1/s1. The molecule has 2 heterocycles. The molecule has 1 saturated heterocycles. The molecule has 0 bridgehead atoms. The number of halogens is 2. The number of imidazole rings is 1. The van der Waals surface area contributed by atoms with Crippen LogP contribution in [0.3, 0.4) is 0 Å². The number of benzene rings is 3. The number of ether oxygens (including phenoxy) is 2. The number of aliphatic hydroxyl groups excluding tert-OH is 1. The first-order chi connectivity index (χ1) is 19.9. The second-order valence-electron chi connectivity index (χ2n) is 10.1. The minimum Gasteiger partial charge on any atom is -0.392 e. The van der Waals surface area contributed by atoms with E-state index in [-0.39, 0.29) is 35.9 Å². The number of nitrogens with one attached hydrogen (secondary N) is 2. The normalized spacial score (nSPS) is 20.5. The van der Waals surface area contributed by atoms with Gasteiger partial charge in [0.25, 0.3) is 0 Å². The molecule has 4 aromatic rings. The van der Waals surface area contributed by atoms with E-state index < -0.39 is 6.29 Å². The molecule has 0 spiro atoms. The lowest BCUT2D eigenvalue weighted by molar-refractivity contribution is -0.276. The number of urea groups is 1. The van der Waals surface area contributed by atoms with Gasteiger partial charge in [0.1, 0.15) is 5.15 Å². The molecule has 41 heavy (non-hydrogen) atoms. The summed E-state index contributed by atoms with van der Waals surface area (Å²) in [6.07, 6.45) is 0.453. The summed E-state index contributed by atoms with van der Waals surface area (Å²) in [5.41, 5.74) is 4.66. The predicted octanol–water partition coefficient (Wildman–Crippen LogP) is 6.17. The predicted molar refractivity (Wildman–Crippen MR) is 157 cm³/mol. The lowest BCUT2D eigenvalue weighted by Gasteiger charge is -2.41. The number of amides is 2. The first-order valence-electron chi connectivity index (χ1n) is 13.4. The Morgan fingerprint density at radius 3 is 2.10 bits per heavy atom. The quantitative estimate of drug-likeness (QED) is 0.215. The van der Waals surface area contributed by atoms with Crippen LogP contribution >= 0.6 is 23.2 Å². The molecule has 3 N–H and O–H groups in total. The monoisotopic (exact) mass is 594 g/mol. The van der Waals surface area contributed by atoms with E-state index in [0.29, 0.717) is 24.8 Å². The Labute approximate surface area is 249 Å². The first kappa shape index (κ1) is 29.1. The third kappa shape index (κ3) is 7.28. The average molecular weight is 596 g/mol. The fourth-order valence-corrected chi connectivity index (χ4v) is 5.12. The molecule has 1 aromatic heterocycles. The second kappa shape index (κ2) is 13.5. The fraction of sp³-hybridized carbons (Fsp3) is 0.290. The number of hydrogen-bond acceptors (Lipinski definition) is 5. The van der Waals surface area contributed by atoms with E-state index in [9.17, 15) is 9.90 Å². The van der Waals surface area contributed by atoms with E-state index >= 15 is 0 Å². The lowest BCUT2D eigenvalue weighted by atomic mass is 9.90. The summed E-state index contributed by atoms with van der Waals surface area (Å²) in [5, 5.41) is 15.8. The highest BCUT2D eigenvalue weighted by Gasteiger charge is 2.38. The molecule has 10 heteroatoms. The fourth-order valence-electron chi connectivity index (χ4n) is 4.81. The van der Waals surface area contributed by atoms with Crippen LogP contribution in [-0.2, 0) is 35.7 Å². The molecule has 1 aliphatic heterocycles. The Kier molecular flexibility index (Phi) is 9.59. The van der Waals surface area contributed by atoms with Crippen LogP contribution in [0.15, 0.2) is 85.2 Å². The minimum atomic E-state index is -0.632. The van der Waals surface area contributed by atoms with Gasteiger partial charge in [-0.3, -0.25) is 0 Å². The zero-order valence-electron chi connectivity index (χ0n) is 22.5. The van der Waals surface area contributed by atoms with E-state index in [1.807, 2.05) is 78.9 Å². The van der Waals surface area contributed by atoms with Gasteiger partial charge in [-0.25, -0.2) is 9.78 Å². The van der Waals surface area contributed by atoms with Crippen LogP contribution in [0.1, 0.15) is 47.1 Å². The first-order valence-corrected chi connectivity index (χ1v) is 14.2. The maximum atomic E-state index is 12.3. The molecule has 214 valence electrons. The number of aliphatic hydroxyl groups is 1. The van der Waals surface area contributed by atoms with Crippen molar-refractivity contribution in [3.8, 4) is 0 Å². The van der Waals surface area contributed by atoms with Crippen molar-refractivity contribution in [2.24, 2.45) is 5.92 Å². The van der Waals surface area contributed by atoms with Gasteiger partial charge < -0.3 is 29.8 Å². The second-order valence-corrected chi connectivity index (χ2v) is 10.8. The zero-order chi connectivity index (χ0) is 28.8. The molecule has 1 aliphatic rings. The summed E-state index contributed by atoms with van der Waals surface area (Å²) >= 11 is 12.4. The highest BCUT2D eigenvalue weighted by Crippen LogP contribution is 2.42. The van der Waals surface area contributed by atoms with Crippen LogP contribution in [-0.4, -0.2) is 26.8 Å². The van der Waals surface area contributed by atoms with Crippen LogP contribution in [0.25, 0.3) is 0 Å². The number of carbonyl (C=O) groups is 1. The largest absolute Gasteiger partial charge is 0.392 e. The van der Waals surface area contributed by atoms with Crippen molar-refractivity contribution in [2.75, 3.05) is 0 Å². The number of carbonyl (C=O) groups excluding carboxylic acids is 1. The highest BCUT2D eigenvalue weighted by atomic mass is 35.5. The molecule has 2 amide bonds. The highest BCUT2D eigenvalue weighted by molar-refractivity contribution is 6.40. The van der Waals surface area contributed by atoms with Gasteiger partial charge in [-0.15, -0.1) is 0 Å². The van der Waals surface area contributed by atoms with E-state index in [1.54, 1.807) is 10.9 Å². The maximum Gasteiger partial charge on any atom is 0.315 e. The Morgan fingerprint density at radius 2 is 1.49 bits per heavy atom. The van der Waals surface area contributed by atoms with Crippen molar-refractivity contribution in [3.05, 3.63) is 123 Å². The van der Waals surface area contributed by atoms with Gasteiger partial charge in [-0.2, -0.15) is 0 Å². The van der Waals surface area contributed by atoms with Gasteiger partial charge in [-0.1, -0.05) is 109 Å². The molecule has 1 fully saturated rings. The van der Waals surface area contributed by atoms with Crippen molar-refractivity contribution >= 4 is 29.2 Å². The molecule has 0 aliphatic carbocycles. The van der Waals surface area contributed by atoms with Crippen molar-refractivity contribution in [3.63, 3.8) is 0 Å². The molecule has 0 radical (unpaired) electrons. The van der Waals surface area contributed by atoms with Crippen LogP contribution in [0.5, 0.6) is 0 Å². The summed E-state index contributed by atoms with van der Waals surface area (Å²) in [6, 6.07) is 25.1. The van der Waals surface area contributed by atoms with Crippen LogP contribution in [0.4, 0.5) is 4.79 Å². The number of nitrogens with zero attached hydrogens (tertiary/aromatic N) is 2. The Hall–Kier alpha value is -3.40. The molecule has 5 rings (SSSR count). The van der Waals surface area contributed by atoms with Crippen molar-refractivity contribution in [2.45, 2.75) is 51.7 Å². The summed E-state index contributed by atoms with van der Waals surface area (Å²) < 4.78 is 14.8. The average Bonchev–Trinajstić information content (AvgIpc) is 3.33. The van der Waals surface area contributed by atoms with Gasteiger partial charge >= 0.3 is 6.03 Å². The summed E-state index contributed by atoms with van der Waals surface area (Å²) in [4.78, 5) is 16.4. The molecule has 0 saturated carbocycles. The third-order valence-electron chi connectivity index (χ3n) is 7.23. The van der Waals surface area contributed by atoms with E-state index in [0.717, 1.165) is 27.8 Å². The number of aromatic nitrogens is 2. The van der Waals surface area contributed by atoms with Crippen molar-refractivity contribution < 1.29 is 19.4 Å². The Bertz CT molecular complexity index is 1430. The summed E-state index contributed by atoms with van der Waals surface area (Å²) in [6.45, 7) is 3.35. The maximum absolute atomic E-state index is 12.3. The summed E-state index contributed by atoms with van der Waals surface area (Å²) in [5.74, 6) is -0.0265. The SMILES string of the molecule is C[C@@H]1[C@H](Cn2cnc(Cl)c2Cl)O[C@H](c2ccc(CNC(=O)NCc3ccccc3)cc2)O[C@@H]1c1ccc(CO)cc1. The molecule has 4 atom stereocenters. The van der Waals surface area contributed by atoms with Crippen LogP contribution in [0, 0.1) is 5.92 Å².